The van der Waals surface area contributed by atoms with Crippen molar-refractivity contribution in [2.24, 2.45) is 17.6 Å². The molecule has 0 bridgehead atoms. The molecular formula is C17H26ClN3O2. The Balaban J connectivity index is 0.00000264. The third-order valence-electron chi connectivity index (χ3n) is 4.11. The molecule has 2 rings (SSSR count). The maximum atomic E-state index is 12.1. The van der Waals surface area contributed by atoms with Gasteiger partial charge in [0, 0.05) is 26.1 Å². The molecule has 128 valence electrons. The Morgan fingerprint density at radius 2 is 2.04 bits per heavy atom. The van der Waals surface area contributed by atoms with Crippen LogP contribution in [0.25, 0.3) is 0 Å². The number of carbonyl (C=O) groups is 2. The molecule has 23 heavy (non-hydrogen) atoms. The lowest BCUT2D eigenvalue weighted by Crippen LogP contribution is -2.36. The number of hydrogen-bond donors (Lipinski definition) is 2. The molecule has 6 heteroatoms. The van der Waals surface area contributed by atoms with Gasteiger partial charge in [-0.05, 0) is 24.9 Å². The summed E-state index contributed by atoms with van der Waals surface area (Å²) in [6, 6.07) is 8.13. The number of amides is 2. The lowest BCUT2D eigenvalue weighted by atomic mass is 10.1. The molecule has 2 unspecified atom stereocenters. The Morgan fingerprint density at radius 1 is 1.39 bits per heavy atom. The number of likely N-dealkylation sites (tertiary alicyclic amines) is 1. The molecule has 0 spiro atoms. The molecule has 1 aromatic carbocycles. The highest BCUT2D eigenvalue weighted by atomic mass is 35.5. The maximum absolute atomic E-state index is 12.1. The summed E-state index contributed by atoms with van der Waals surface area (Å²) >= 11 is 0. The molecule has 0 aliphatic carbocycles. The van der Waals surface area contributed by atoms with E-state index < -0.39 is 0 Å². The van der Waals surface area contributed by atoms with E-state index in [1.165, 1.54) is 5.56 Å². The monoisotopic (exact) mass is 339 g/mol. The summed E-state index contributed by atoms with van der Waals surface area (Å²) in [5.41, 5.74) is 7.83. The molecule has 1 aliphatic rings. The lowest BCUT2D eigenvalue weighted by Gasteiger charge is -2.17. The average Bonchev–Trinajstić information content (AvgIpc) is 2.88. The van der Waals surface area contributed by atoms with E-state index in [9.17, 15) is 9.59 Å². The smallest absolute Gasteiger partial charge is 0.225 e. The molecule has 5 nitrogen and oxygen atoms in total. The zero-order chi connectivity index (χ0) is 16.1. The van der Waals surface area contributed by atoms with Gasteiger partial charge in [0.05, 0.1) is 5.92 Å². The number of carbonyl (C=O) groups excluding carboxylic acids is 2. The molecule has 3 N–H and O–H groups in total. The minimum Gasteiger partial charge on any atom is -0.355 e. The summed E-state index contributed by atoms with van der Waals surface area (Å²) in [5.74, 6) is 0.0142. The number of halogens is 1. The fourth-order valence-electron chi connectivity index (χ4n) is 2.52. The minimum atomic E-state index is -0.247. The maximum Gasteiger partial charge on any atom is 0.225 e. The van der Waals surface area contributed by atoms with Gasteiger partial charge in [-0.3, -0.25) is 9.59 Å². The van der Waals surface area contributed by atoms with Crippen molar-refractivity contribution in [3.8, 4) is 0 Å². The number of nitrogens with two attached hydrogens (primary N) is 1. The second kappa shape index (κ2) is 8.89. The molecule has 2 amide bonds. The number of nitrogens with zero attached hydrogens (tertiary/aromatic N) is 1. The van der Waals surface area contributed by atoms with Crippen molar-refractivity contribution in [1.82, 2.24) is 10.2 Å². The Morgan fingerprint density at radius 3 is 2.65 bits per heavy atom. The molecule has 0 aromatic heterocycles. The van der Waals surface area contributed by atoms with Crippen LogP contribution in [0.1, 0.15) is 24.5 Å². The first-order valence-corrected chi connectivity index (χ1v) is 7.80. The van der Waals surface area contributed by atoms with E-state index in [2.05, 4.69) is 5.32 Å². The van der Waals surface area contributed by atoms with Gasteiger partial charge in [-0.15, -0.1) is 12.4 Å². The molecule has 0 saturated carbocycles. The van der Waals surface area contributed by atoms with Crippen LogP contribution in [0, 0.1) is 18.8 Å². The minimum absolute atomic E-state index is 0. The van der Waals surface area contributed by atoms with Gasteiger partial charge in [-0.2, -0.15) is 0 Å². The number of hydrogen-bond acceptors (Lipinski definition) is 3. The van der Waals surface area contributed by atoms with Crippen LogP contribution in [-0.2, 0) is 16.1 Å². The van der Waals surface area contributed by atoms with Crippen LogP contribution in [0.4, 0.5) is 0 Å². The van der Waals surface area contributed by atoms with Gasteiger partial charge in [0.25, 0.3) is 0 Å². The van der Waals surface area contributed by atoms with E-state index in [1.807, 2.05) is 38.1 Å². The van der Waals surface area contributed by atoms with Crippen LogP contribution in [0.15, 0.2) is 24.3 Å². The summed E-state index contributed by atoms with van der Waals surface area (Å²) in [4.78, 5) is 26.0. The topological polar surface area (TPSA) is 75.4 Å². The second-order valence-electron chi connectivity index (χ2n) is 6.25. The van der Waals surface area contributed by atoms with Gasteiger partial charge < -0.3 is 16.0 Å². The molecule has 1 heterocycles. The molecule has 1 fully saturated rings. The van der Waals surface area contributed by atoms with Gasteiger partial charge in [0.2, 0.25) is 11.8 Å². The molecule has 1 saturated heterocycles. The quantitative estimate of drug-likeness (QED) is 0.824. The SMILES string of the molecule is Cc1ccc(CN2CC(C(=O)NCC(C)CN)CC2=O)cc1.Cl. The van der Waals surface area contributed by atoms with E-state index in [0.29, 0.717) is 32.6 Å². The lowest BCUT2D eigenvalue weighted by molar-refractivity contribution is -0.129. The summed E-state index contributed by atoms with van der Waals surface area (Å²) in [5, 5.41) is 2.89. The Hall–Kier alpha value is -1.59. The third kappa shape index (κ3) is 5.52. The number of rotatable bonds is 6. The van der Waals surface area contributed by atoms with Crippen molar-refractivity contribution >= 4 is 24.2 Å². The first kappa shape index (κ1) is 19.5. The van der Waals surface area contributed by atoms with Gasteiger partial charge in [-0.25, -0.2) is 0 Å². The molecule has 1 aromatic rings. The van der Waals surface area contributed by atoms with Crippen LogP contribution >= 0.6 is 12.4 Å². The molecule has 1 aliphatic heterocycles. The van der Waals surface area contributed by atoms with Crippen LogP contribution in [0.3, 0.4) is 0 Å². The highest BCUT2D eigenvalue weighted by molar-refractivity contribution is 5.89. The van der Waals surface area contributed by atoms with E-state index >= 15 is 0 Å². The van der Waals surface area contributed by atoms with Crippen molar-refractivity contribution in [1.29, 1.82) is 0 Å². The van der Waals surface area contributed by atoms with Crippen molar-refractivity contribution in [3.63, 3.8) is 0 Å². The van der Waals surface area contributed by atoms with Gasteiger partial charge in [0.15, 0.2) is 0 Å². The van der Waals surface area contributed by atoms with E-state index in [1.54, 1.807) is 4.90 Å². The fraction of sp³-hybridized carbons (Fsp3) is 0.529. The van der Waals surface area contributed by atoms with Crippen LogP contribution in [0.5, 0.6) is 0 Å². The van der Waals surface area contributed by atoms with Crippen LogP contribution < -0.4 is 11.1 Å². The predicted octanol–water partition coefficient (Wildman–Crippen LogP) is 1.48. The number of nitrogens with one attached hydrogen (secondary N) is 1. The van der Waals surface area contributed by atoms with Crippen molar-refractivity contribution in [2.45, 2.75) is 26.8 Å². The Kier molecular flexibility index (Phi) is 7.52. The summed E-state index contributed by atoms with van der Waals surface area (Å²) in [7, 11) is 0. The largest absolute Gasteiger partial charge is 0.355 e. The van der Waals surface area contributed by atoms with Crippen molar-refractivity contribution in [3.05, 3.63) is 35.4 Å². The van der Waals surface area contributed by atoms with E-state index in [0.717, 1.165) is 5.56 Å². The third-order valence-corrected chi connectivity index (χ3v) is 4.11. The van der Waals surface area contributed by atoms with E-state index in [4.69, 9.17) is 5.73 Å². The highest BCUT2D eigenvalue weighted by Crippen LogP contribution is 2.20. The average molecular weight is 340 g/mol. The predicted molar refractivity (Wildman–Crippen MR) is 93.2 cm³/mol. The first-order valence-electron chi connectivity index (χ1n) is 7.80. The normalized spacial score (nSPS) is 18.5. The highest BCUT2D eigenvalue weighted by Gasteiger charge is 2.34. The number of aryl methyl sites for hydroxylation is 1. The fourth-order valence-corrected chi connectivity index (χ4v) is 2.52. The molecule has 0 radical (unpaired) electrons. The van der Waals surface area contributed by atoms with Crippen LogP contribution in [0.2, 0.25) is 0 Å². The summed E-state index contributed by atoms with van der Waals surface area (Å²) in [6.07, 6.45) is 0.300. The molecule has 2 atom stereocenters. The van der Waals surface area contributed by atoms with Crippen molar-refractivity contribution < 1.29 is 9.59 Å². The summed E-state index contributed by atoms with van der Waals surface area (Å²) < 4.78 is 0. The first-order chi connectivity index (χ1) is 10.5. The standard InChI is InChI=1S/C17H25N3O2.ClH/c1-12-3-5-14(6-4-12)10-20-11-15(7-16(20)21)17(22)19-9-13(2)8-18;/h3-6,13,15H,7-11,18H2,1-2H3,(H,19,22);1H. The summed E-state index contributed by atoms with van der Waals surface area (Å²) in [6.45, 7) is 6.20. The van der Waals surface area contributed by atoms with Gasteiger partial charge in [-0.1, -0.05) is 36.8 Å². The Bertz CT molecular complexity index is 533. The molecular weight excluding hydrogens is 314 g/mol. The zero-order valence-electron chi connectivity index (χ0n) is 13.7. The Labute approximate surface area is 144 Å². The van der Waals surface area contributed by atoms with Crippen LogP contribution in [-0.4, -0.2) is 36.3 Å². The van der Waals surface area contributed by atoms with E-state index in [-0.39, 0.29) is 36.1 Å². The second-order valence-corrected chi connectivity index (χ2v) is 6.25. The van der Waals surface area contributed by atoms with Gasteiger partial charge >= 0.3 is 0 Å². The van der Waals surface area contributed by atoms with Gasteiger partial charge in [0.1, 0.15) is 0 Å². The zero-order valence-corrected chi connectivity index (χ0v) is 14.6. The van der Waals surface area contributed by atoms with Crippen molar-refractivity contribution in [2.75, 3.05) is 19.6 Å². The number of benzene rings is 1.